The largest absolute Gasteiger partial charge is 0.507 e. The zero-order valence-corrected chi connectivity index (χ0v) is 50.5. The van der Waals surface area contributed by atoms with Gasteiger partial charge in [0.2, 0.25) is 17.8 Å². The van der Waals surface area contributed by atoms with Gasteiger partial charge in [-0.3, -0.25) is 10.2 Å². The van der Waals surface area contributed by atoms with Crippen molar-refractivity contribution in [3.8, 4) is 84.7 Å². The molecule has 0 radical (unpaired) electrons. The van der Waals surface area contributed by atoms with Crippen molar-refractivity contribution in [1.82, 2.24) is 86.5 Å². The minimum atomic E-state index is -0.603. The first-order valence-electron chi connectivity index (χ1n) is 29.3. The number of phenolic OH excluding ortho intramolecular Hbond substituents is 3. The van der Waals surface area contributed by atoms with E-state index in [1.54, 1.807) is 80.6 Å². The molecular weight excluding hydrogens is 1100 g/mol. The standard InChI is InChI=1S/C22H29N7O2.C21H24N6O2.C19H23N7O/c1-21(2)9-17(19(31)22(3,4)28-21)29(5)20-23-12-16(26-27-20)15-7-6-13(8-18(15)30)14-10-24-25-11-14;1-14-22-11-19(29-14)15-3-4-16(18(28)9-15)17-10-23-20(25-24-17)27-12-21(13-27)5-7-26(2)8-6-21;1-12(2)22-14-6-8-26(11-14)19-20-10-17(24-25-19)15-4-3-13(9-18(15)27)16-5-7-21-23-16/h6-8,10-12,17,19,28,30-31H,9H2,1-5H3,(H,24,25);3-4,9-11,28H,5-8,12-13H2,1-2H3;3-5,7,9-10,12,14,22,27H,6,8,11H2,1-2H3,(H,21,23)/t17?,19-;;/m0../s1. The second kappa shape index (κ2) is 24.7. The third-order valence-electron chi connectivity index (χ3n) is 16.7. The van der Waals surface area contributed by atoms with Crippen molar-refractivity contribution in [1.29, 1.82) is 0 Å². The summed E-state index contributed by atoms with van der Waals surface area (Å²) in [6, 6.07) is 18.6. The van der Waals surface area contributed by atoms with Crippen molar-refractivity contribution in [2.45, 2.75) is 109 Å². The number of piperidine rings is 2. The van der Waals surface area contributed by atoms with E-state index >= 15 is 0 Å². The van der Waals surface area contributed by atoms with Crippen LogP contribution >= 0.6 is 0 Å². The number of nitrogens with zero attached hydrogens (tertiary/aromatic N) is 16. The molecule has 0 aliphatic carbocycles. The third-order valence-corrected chi connectivity index (χ3v) is 16.7. The Kier molecular flexibility index (Phi) is 17.0. The van der Waals surface area contributed by atoms with Crippen LogP contribution in [0, 0.1) is 12.3 Å². The molecule has 6 aromatic heterocycles. The van der Waals surface area contributed by atoms with E-state index in [2.05, 4.69) is 131 Å². The van der Waals surface area contributed by atoms with Crippen LogP contribution < -0.4 is 25.3 Å². The Balaban J connectivity index is 0.000000135. The van der Waals surface area contributed by atoms with Gasteiger partial charge in [0.05, 0.1) is 48.8 Å². The number of likely N-dealkylation sites (tertiary alicyclic amines) is 1. The molecule has 454 valence electrons. The van der Waals surface area contributed by atoms with Crippen LogP contribution in [0.2, 0.25) is 0 Å². The molecule has 0 bridgehead atoms. The maximum atomic E-state index is 10.9. The SMILES string of the molecule is CC(C)NC1CCN(c2ncc(-c3ccc(-c4ccn[nH]4)cc3O)nn2)C1.CN(c1ncc(-c2ccc(-c3cn[nH]c3)cc2O)nn1)C1CC(C)(C)NC(C)(C)[C@H]1O.Cc1ncc(-c2ccc(-c3cnc(N4CC5(CCN(C)CC5)C4)nn3)c(O)c2)o1. The first-order valence-corrected chi connectivity index (χ1v) is 29.3. The average Bonchev–Trinajstić information content (AvgIpc) is 1.93. The highest BCUT2D eigenvalue weighted by atomic mass is 16.4. The number of anilines is 3. The van der Waals surface area contributed by atoms with Crippen LogP contribution in [0.15, 0.2) is 108 Å². The van der Waals surface area contributed by atoms with Gasteiger partial charge < -0.3 is 55.1 Å². The van der Waals surface area contributed by atoms with Gasteiger partial charge in [0.15, 0.2) is 11.7 Å². The number of aliphatic hydroxyl groups is 1. The summed E-state index contributed by atoms with van der Waals surface area (Å²) in [6.45, 7) is 20.4. The summed E-state index contributed by atoms with van der Waals surface area (Å²) in [5.41, 5.74) is 7.31. The first kappa shape index (κ1) is 59.7. The molecule has 8 N–H and O–H groups in total. The monoisotopic (exact) mass is 1180 g/mol. The molecular formula is C62H76N20O5. The summed E-state index contributed by atoms with van der Waals surface area (Å²) in [5.74, 6) is 3.24. The Labute approximate surface area is 504 Å². The lowest BCUT2D eigenvalue weighted by Crippen LogP contribution is -2.70. The molecule has 3 aromatic carbocycles. The number of aromatic nitrogens is 14. The maximum Gasteiger partial charge on any atom is 0.245 e. The highest BCUT2D eigenvalue weighted by molar-refractivity contribution is 5.75. The second-order valence-corrected chi connectivity index (χ2v) is 24.8. The molecule has 9 aromatic rings. The number of aryl methyl sites for hydroxylation is 1. The topological polar surface area (TPSA) is 317 Å². The number of phenols is 3. The fourth-order valence-electron chi connectivity index (χ4n) is 12.2. The van der Waals surface area contributed by atoms with Crippen LogP contribution in [0.25, 0.3) is 67.5 Å². The van der Waals surface area contributed by atoms with E-state index < -0.39 is 11.6 Å². The molecule has 0 amide bonds. The van der Waals surface area contributed by atoms with Crippen molar-refractivity contribution >= 4 is 17.8 Å². The van der Waals surface area contributed by atoms with Crippen molar-refractivity contribution in [3.05, 3.63) is 110 Å². The number of aromatic hydroxyl groups is 3. The number of nitrogens with one attached hydrogen (secondary N) is 4. The average molecular weight is 1180 g/mol. The highest BCUT2D eigenvalue weighted by Crippen LogP contribution is 2.42. The molecule has 2 unspecified atom stereocenters. The molecule has 87 heavy (non-hydrogen) atoms. The van der Waals surface area contributed by atoms with Gasteiger partial charge in [-0.25, -0.2) is 19.9 Å². The molecule has 4 aliphatic rings. The Bertz CT molecular complexity index is 3730. The highest BCUT2D eigenvalue weighted by Gasteiger charge is 2.47. The lowest BCUT2D eigenvalue weighted by molar-refractivity contribution is -0.00390. The van der Waals surface area contributed by atoms with E-state index in [4.69, 9.17) is 4.42 Å². The van der Waals surface area contributed by atoms with E-state index in [-0.39, 0.29) is 28.8 Å². The lowest BCUT2D eigenvalue weighted by atomic mass is 9.72. The van der Waals surface area contributed by atoms with E-state index in [0.29, 0.717) is 80.8 Å². The minimum Gasteiger partial charge on any atom is -0.507 e. The molecule has 25 nitrogen and oxygen atoms in total. The summed E-state index contributed by atoms with van der Waals surface area (Å²) < 4.78 is 5.51. The van der Waals surface area contributed by atoms with Gasteiger partial charge in [0.1, 0.15) is 34.3 Å². The third kappa shape index (κ3) is 13.5. The number of oxazole rings is 1. The quantitative estimate of drug-likeness (QED) is 0.0595. The van der Waals surface area contributed by atoms with Gasteiger partial charge in [-0.15, -0.1) is 30.6 Å². The van der Waals surface area contributed by atoms with E-state index in [1.807, 2.05) is 56.1 Å². The minimum absolute atomic E-state index is 0.0909. The van der Waals surface area contributed by atoms with Gasteiger partial charge in [-0.2, -0.15) is 10.2 Å². The van der Waals surface area contributed by atoms with Crippen LogP contribution in [-0.4, -0.2) is 185 Å². The number of rotatable bonds is 12. The van der Waals surface area contributed by atoms with Gasteiger partial charge >= 0.3 is 0 Å². The number of hydrogen-bond donors (Lipinski definition) is 8. The molecule has 3 atom stereocenters. The van der Waals surface area contributed by atoms with Crippen molar-refractivity contribution in [2.24, 2.45) is 5.41 Å². The van der Waals surface area contributed by atoms with E-state index in [0.717, 1.165) is 80.1 Å². The summed E-state index contributed by atoms with van der Waals surface area (Å²) in [4.78, 5) is 26.1. The molecule has 0 saturated carbocycles. The summed E-state index contributed by atoms with van der Waals surface area (Å²) in [5, 5.41) is 88.6. The smallest absolute Gasteiger partial charge is 0.245 e. The lowest BCUT2D eigenvalue weighted by Gasteiger charge is -2.53. The number of aromatic amines is 2. The zero-order valence-electron chi connectivity index (χ0n) is 50.5. The molecule has 4 saturated heterocycles. The molecule has 4 fully saturated rings. The van der Waals surface area contributed by atoms with E-state index in [1.165, 1.54) is 12.8 Å². The van der Waals surface area contributed by atoms with Crippen molar-refractivity contribution in [3.63, 3.8) is 0 Å². The van der Waals surface area contributed by atoms with Gasteiger partial charge in [0.25, 0.3) is 0 Å². The van der Waals surface area contributed by atoms with Crippen molar-refractivity contribution < 1.29 is 24.8 Å². The molecule has 25 heteroatoms. The van der Waals surface area contributed by atoms with Gasteiger partial charge in [-0.1, -0.05) is 32.0 Å². The predicted molar refractivity (Wildman–Crippen MR) is 331 cm³/mol. The Morgan fingerprint density at radius 1 is 0.678 bits per heavy atom. The van der Waals surface area contributed by atoms with Crippen LogP contribution in [0.1, 0.15) is 73.1 Å². The van der Waals surface area contributed by atoms with Crippen LogP contribution in [0.4, 0.5) is 17.8 Å². The number of likely N-dealkylation sites (N-methyl/N-ethyl adjacent to an activating group) is 1. The summed E-state index contributed by atoms with van der Waals surface area (Å²) in [7, 11) is 4.06. The molecule has 13 rings (SSSR count). The number of H-pyrrole nitrogens is 2. The Hall–Kier alpha value is -9.04. The number of hydrogen-bond acceptors (Lipinski definition) is 23. The fraction of sp³-hybridized carbons (Fsp3) is 0.419. The maximum absolute atomic E-state index is 10.9. The fourth-order valence-corrected chi connectivity index (χ4v) is 12.2. The molecule has 1 spiro atoms. The zero-order chi connectivity index (χ0) is 61.2. The van der Waals surface area contributed by atoms with Crippen LogP contribution in [-0.2, 0) is 0 Å². The number of benzene rings is 3. The normalized spacial score (nSPS) is 19.5. The van der Waals surface area contributed by atoms with Gasteiger partial charge in [0, 0.05) is 115 Å². The summed E-state index contributed by atoms with van der Waals surface area (Å²) >= 11 is 0. The van der Waals surface area contributed by atoms with E-state index in [9.17, 15) is 20.4 Å². The van der Waals surface area contributed by atoms with Crippen molar-refractivity contribution in [2.75, 3.05) is 68.1 Å². The van der Waals surface area contributed by atoms with Crippen LogP contribution in [0.3, 0.4) is 0 Å². The first-order chi connectivity index (χ1) is 41.7. The molecule has 4 aliphatic heterocycles. The number of aliphatic hydroxyl groups excluding tert-OH is 1. The second-order valence-electron chi connectivity index (χ2n) is 24.8. The Morgan fingerprint density at radius 3 is 1.82 bits per heavy atom. The molecule has 10 heterocycles. The predicted octanol–water partition coefficient (Wildman–Crippen LogP) is 7.30. The summed E-state index contributed by atoms with van der Waals surface area (Å²) in [6.07, 6.45) is 15.4. The van der Waals surface area contributed by atoms with Gasteiger partial charge in [-0.05, 0) is 122 Å². The Morgan fingerprint density at radius 2 is 1.28 bits per heavy atom. The van der Waals surface area contributed by atoms with Crippen LogP contribution in [0.5, 0.6) is 17.2 Å².